The average molecular weight is 290 g/mol. The highest BCUT2D eigenvalue weighted by Gasteiger charge is 2.24. The highest BCUT2D eigenvalue weighted by Crippen LogP contribution is 2.36. The molecule has 0 spiro atoms. The molecule has 0 fully saturated rings. The highest BCUT2D eigenvalue weighted by molar-refractivity contribution is 8.00. The Kier molecular flexibility index (Phi) is 4.18. The summed E-state index contributed by atoms with van der Waals surface area (Å²) in [5.41, 5.74) is 6.22. The molecular formula is C15H18N2O2S. The number of carbonyl (C=O) groups is 1. The van der Waals surface area contributed by atoms with Gasteiger partial charge in [0.05, 0.1) is 6.20 Å². The van der Waals surface area contributed by atoms with E-state index in [1.54, 1.807) is 6.20 Å². The molecule has 0 saturated heterocycles. The van der Waals surface area contributed by atoms with Crippen molar-refractivity contribution in [2.24, 2.45) is 5.73 Å². The van der Waals surface area contributed by atoms with E-state index in [4.69, 9.17) is 10.2 Å². The van der Waals surface area contributed by atoms with Gasteiger partial charge in [-0.05, 0) is 17.3 Å². The van der Waals surface area contributed by atoms with Crippen LogP contribution in [0, 0.1) is 0 Å². The van der Waals surface area contributed by atoms with Gasteiger partial charge in [-0.3, -0.25) is 4.79 Å². The molecule has 0 radical (unpaired) electrons. The quantitative estimate of drug-likeness (QED) is 0.877. The first-order valence-electron chi connectivity index (χ1n) is 6.35. The normalized spacial score (nSPS) is 13.2. The summed E-state index contributed by atoms with van der Waals surface area (Å²) in [7, 11) is 0. The van der Waals surface area contributed by atoms with Gasteiger partial charge in [-0.2, -0.15) is 0 Å². The van der Waals surface area contributed by atoms with E-state index in [1.165, 1.54) is 11.8 Å². The third kappa shape index (κ3) is 3.42. The molecule has 1 aromatic carbocycles. The molecule has 1 aromatic heterocycles. The molecule has 2 aromatic rings. The van der Waals surface area contributed by atoms with Gasteiger partial charge in [0.1, 0.15) is 11.0 Å². The lowest BCUT2D eigenvalue weighted by molar-refractivity contribution is -0.117. The van der Waals surface area contributed by atoms with Crippen LogP contribution in [-0.2, 0) is 10.2 Å². The van der Waals surface area contributed by atoms with E-state index in [0.29, 0.717) is 5.22 Å². The molecule has 0 saturated carbocycles. The standard InChI is InChI=1S/C15H18N2O2S/c1-15(2,3)11-9-17-14(19-11)20-12(13(16)18)10-7-5-4-6-8-10/h4-9,12H,1-3H3,(H2,16,18). The molecular weight excluding hydrogens is 272 g/mol. The van der Waals surface area contributed by atoms with Crippen LogP contribution in [0.25, 0.3) is 0 Å². The van der Waals surface area contributed by atoms with Gasteiger partial charge in [0, 0.05) is 5.41 Å². The minimum Gasteiger partial charge on any atom is -0.436 e. The van der Waals surface area contributed by atoms with Gasteiger partial charge >= 0.3 is 0 Å². The number of thioether (sulfide) groups is 1. The molecule has 0 aliphatic carbocycles. The van der Waals surface area contributed by atoms with E-state index < -0.39 is 11.2 Å². The molecule has 1 amide bonds. The van der Waals surface area contributed by atoms with Crippen molar-refractivity contribution in [1.29, 1.82) is 0 Å². The maximum Gasteiger partial charge on any atom is 0.256 e. The first-order chi connectivity index (χ1) is 9.38. The molecule has 106 valence electrons. The fourth-order valence-electron chi connectivity index (χ4n) is 1.68. The molecule has 2 rings (SSSR count). The summed E-state index contributed by atoms with van der Waals surface area (Å²) in [4.78, 5) is 15.9. The van der Waals surface area contributed by atoms with Crippen molar-refractivity contribution < 1.29 is 9.21 Å². The Morgan fingerprint density at radius 3 is 2.45 bits per heavy atom. The number of aromatic nitrogens is 1. The molecule has 20 heavy (non-hydrogen) atoms. The molecule has 0 bridgehead atoms. The average Bonchev–Trinajstić information content (AvgIpc) is 2.85. The van der Waals surface area contributed by atoms with Gasteiger partial charge in [0.15, 0.2) is 0 Å². The Morgan fingerprint density at radius 2 is 1.95 bits per heavy atom. The smallest absolute Gasteiger partial charge is 0.256 e. The van der Waals surface area contributed by atoms with Crippen LogP contribution in [0.3, 0.4) is 0 Å². The zero-order valence-corrected chi connectivity index (χ0v) is 12.6. The molecule has 2 N–H and O–H groups in total. The number of nitrogens with zero attached hydrogens (tertiary/aromatic N) is 1. The van der Waals surface area contributed by atoms with Gasteiger partial charge in [-0.25, -0.2) is 4.98 Å². The summed E-state index contributed by atoms with van der Waals surface area (Å²) in [6.07, 6.45) is 1.70. The van der Waals surface area contributed by atoms with Gasteiger partial charge < -0.3 is 10.2 Å². The molecule has 0 aliphatic heterocycles. The maximum absolute atomic E-state index is 11.6. The Bertz CT molecular complexity index is 587. The molecule has 0 aliphatic rings. The van der Waals surface area contributed by atoms with E-state index >= 15 is 0 Å². The fraction of sp³-hybridized carbons (Fsp3) is 0.333. The molecule has 5 heteroatoms. The zero-order chi connectivity index (χ0) is 14.8. The Morgan fingerprint density at radius 1 is 1.30 bits per heavy atom. The summed E-state index contributed by atoms with van der Waals surface area (Å²) in [5, 5.41) is -0.0368. The predicted molar refractivity (Wildman–Crippen MR) is 79.4 cm³/mol. The number of primary amides is 1. The third-order valence-corrected chi connectivity index (χ3v) is 3.93. The van der Waals surface area contributed by atoms with Gasteiger partial charge in [-0.1, -0.05) is 51.1 Å². The number of amides is 1. The minimum atomic E-state index is -0.498. The minimum absolute atomic E-state index is 0.110. The monoisotopic (exact) mass is 290 g/mol. The second-order valence-electron chi connectivity index (χ2n) is 5.55. The molecule has 1 heterocycles. The van der Waals surface area contributed by atoms with Crippen molar-refractivity contribution in [3.8, 4) is 0 Å². The van der Waals surface area contributed by atoms with Crippen molar-refractivity contribution in [1.82, 2.24) is 4.98 Å². The van der Waals surface area contributed by atoms with Crippen molar-refractivity contribution in [2.75, 3.05) is 0 Å². The fourth-order valence-corrected chi connectivity index (χ4v) is 2.54. The molecule has 4 nitrogen and oxygen atoms in total. The van der Waals surface area contributed by atoms with Crippen LogP contribution < -0.4 is 5.73 Å². The Labute approximate surface area is 122 Å². The maximum atomic E-state index is 11.6. The van der Waals surface area contributed by atoms with Crippen LogP contribution in [0.2, 0.25) is 0 Å². The van der Waals surface area contributed by atoms with Crippen LogP contribution in [0.1, 0.15) is 37.3 Å². The molecule has 1 atom stereocenters. The lowest BCUT2D eigenvalue weighted by Crippen LogP contribution is -2.18. The third-order valence-electron chi connectivity index (χ3n) is 2.80. The van der Waals surface area contributed by atoms with Crippen molar-refractivity contribution >= 4 is 17.7 Å². The zero-order valence-electron chi connectivity index (χ0n) is 11.8. The second-order valence-corrected chi connectivity index (χ2v) is 6.61. The Balaban J connectivity index is 2.22. The van der Waals surface area contributed by atoms with Crippen molar-refractivity contribution in [3.63, 3.8) is 0 Å². The number of oxazole rings is 1. The van der Waals surface area contributed by atoms with E-state index in [0.717, 1.165) is 11.3 Å². The van der Waals surface area contributed by atoms with E-state index in [2.05, 4.69) is 4.98 Å². The van der Waals surface area contributed by atoms with Gasteiger partial charge in [0.2, 0.25) is 5.91 Å². The van der Waals surface area contributed by atoms with Gasteiger partial charge in [-0.15, -0.1) is 0 Å². The first kappa shape index (κ1) is 14.7. The summed E-state index contributed by atoms with van der Waals surface area (Å²) < 4.78 is 5.69. The van der Waals surface area contributed by atoms with Crippen LogP contribution in [0.5, 0.6) is 0 Å². The SMILES string of the molecule is CC(C)(C)c1cnc(SC(C(N)=O)c2ccccc2)o1. The number of benzene rings is 1. The highest BCUT2D eigenvalue weighted by atomic mass is 32.2. The van der Waals surface area contributed by atoms with Crippen LogP contribution in [-0.4, -0.2) is 10.9 Å². The lowest BCUT2D eigenvalue weighted by Gasteiger charge is -2.14. The van der Waals surface area contributed by atoms with Crippen molar-refractivity contribution in [3.05, 3.63) is 47.9 Å². The van der Waals surface area contributed by atoms with Crippen LogP contribution >= 0.6 is 11.8 Å². The lowest BCUT2D eigenvalue weighted by atomic mass is 9.94. The molecule has 1 unspecified atom stereocenters. The van der Waals surface area contributed by atoms with Crippen molar-refractivity contribution in [2.45, 2.75) is 36.7 Å². The summed E-state index contributed by atoms with van der Waals surface area (Å²) in [6, 6.07) is 9.39. The number of carbonyl (C=O) groups excluding carboxylic acids is 1. The van der Waals surface area contributed by atoms with Crippen LogP contribution in [0.4, 0.5) is 0 Å². The summed E-state index contributed by atoms with van der Waals surface area (Å²) in [6.45, 7) is 6.14. The topological polar surface area (TPSA) is 69.1 Å². The van der Waals surface area contributed by atoms with Crippen LogP contribution in [0.15, 0.2) is 46.2 Å². The second kappa shape index (κ2) is 5.71. The number of hydrogen-bond acceptors (Lipinski definition) is 4. The van der Waals surface area contributed by atoms with E-state index in [1.807, 2.05) is 51.1 Å². The first-order valence-corrected chi connectivity index (χ1v) is 7.23. The van der Waals surface area contributed by atoms with Gasteiger partial charge in [0.25, 0.3) is 5.22 Å². The largest absolute Gasteiger partial charge is 0.436 e. The van der Waals surface area contributed by atoms with E-state index in [9.17, 15) is 4.79 Å². The summed E-state index contributed by atoms with van der Waals surface area (Å²) >= 11 is 1.23. The number of nitrogens with two attached hydrogens (primary N) is 1. The van der Waals surface area contributed by atoms with E-state index in [-0.39, 0.29) is 5.41 Å². The Hall–Kier alpha value is -1.75. The summed E-state index contributed by atoms with van der Waals surface area (Å²) in [5.74, 6) is 0.382. The number of rotatable bonds is 4. The number of hydrogen-bond donors (Lipinski definition) is 1. The predicted octanol–water partition coefficient (Wildman–Crippen LogP) is 3.29.